The van der Waals surface area contributed by atoms with E-state index < -0.39 is 5.95 Å². The van der Waals surface area contributed by atoms with Gasteiger partial charge in [-0.1, -0.05) is 6.07 Å². The highest BCUT2D eigenvalue weighted by atomic mass is 32.1. The van der Waals surface area contributed by atoms with E-state index in [1.165, 1.54) is 17.4 Å². The van der Waals surface area contributed by atoms with E-state index in [0.717, 1.165) is 10.7 Å². The SMILES string of the molecule is Cc1nc(C)c(C(=O)N2CCC(Oc3cccc(F)n3)C2)s1. The third-order valence-electron chi connectivity index (χ3n) is 3.51. The van der Waals surface area contributed by atoms with Gasteiger partial charge in [0, 0.05) is 19.0 Å². The fourth-order valence-corrected chi connectivity index (χ4v) is 3.40. The van der Waals surface area contributed by atoms with Crippen LogP contribution in [0.2, 0.25) is 0 Å². The highest BCUT2D eigenvalue weighted by Crippen LogP contribution is 2.23. The van der Waals surface area contributed by atoms with Gasteiger partial charge in [0.2, 0.25) is 11.8 Å². The van der Waals surface area contributed by atoms with Gasteiger partial charge in [0.15, 0.2) is 0 Å². The van der Waals surface area contributed by atoms with Crippen molar-refractivity contribution >= 4 is 17.2 Å². The summed E-state index contributed by atoms with van der Waals surface area (Å²) in [5, 5.41) is 0.886. The predicted molar refractivity (Wildman–Crippen MR) is 80.7 cm³/mol. The second-order valence-corrected chi connectivity index (χ2v) is 6.43. The largest absolute Gasteiger partial charge is 0.472 e. The molecule has 1 atom stereocenters. The van der Waals surface area contributed by atoms with Crippen molar-refractivity contribution in [2.75, 3.05) is 13.1 Å². The van der Waals surface area contributed by atoms with Crippen LogP contribution < -0.4 is 4.74 Å². The number of thiazole rings is 1. The second-order valence-electron chi connectivity index (χ2n) is 5.23. The summed E-state index contributed by atoms with van der Waals surface area (Å²) >= 11 is 1.41. The van der Waals surface area contributed by atoms with Crippen LogP contribution in [-0.4, -0.2) is 40.0 Å². The molecule has 0 saturated carbocycles. The highest BCUT2D eigenvalue weighted by molar-refractivity contribution is 7.13. The number of likely N-dealkylation sites (tertiary alicyclic amines) is 1. The first kappa shape index (κ1) is 14.9. The van der Waals surface area contributed by atoms with E-state index in [9.17, 15) is 9.18 Å². The third kappa shape index (κ3) is 3.09. The van der Waals surface area contributed by atoms with E-state index in [1.807, 2.05) is 13.8 Å². The maximum absolute atomic E-state index is 13.1. The minimum absolute atomic E-state index is 0.0126. The van der Waals surface area contributed by atoms with Gasteiger partial charge < -0.3 is 9.64 Å². The van der Waals surface area contributed by atoms with Crippen molar-refractivity contribution in [3.05, 3.63) is 39.7 Å². The molecule has 3 heterocycles. The minimum atomic E-state index is -0.570. The summed E-state index contributed by atoms with van der Waals surface area (Å²) in [6.07, 6.45) is 0.549. The van der Waals surface area contributed by atoms with Crippen LogP contribution in [0.5, 0.6) is 5.88 Å². The quantitative estimate of drug-likeness (QED) is 0.816. The molecule has 116 valence electrons. The van der Waals surface area contributed by atoms with Crippen LogP contribution in [0.4, 0.5) is 4.39 Å². The van der Waals surface area contributed by atoms with Gasteiger partial charge in [-0.3, -0.25) is 4.79 Å². The fourth-order valence-electron chi connectivity index (χ4n) is 2.51. The van der Waals surface area contributed by atoms with E-state index in [4.69, 9.17) is 4.74 Å². The normalized spacial score (nSPS) is 17.8. The number of hydrogen-bond acceptors (Lipinski definition) is 5. The van der Waals surface area contributed by atoms with Gasteiger partial charge in [0.1, 0.15) is 11.0 Å². The molecule has 1 unspecified atom stereocenters. The molecule has 1 aliphatic heterocycles. The number of aromatic nitrogens is 2. The molecule has 5 nitrogen and oxygen atoms in total. The van der Waals surface area contributed by atoms with Gasteiger partial charge in [-0.2, -0.15) is 9.37 Å². The molecule has 0 aromatic carbocycles. The van der Waals surface area contributed by atoms with Gasteiger partial charge >= 0.3 is 0 Å². The van der Waals surface area contributed by atoms with Crippen LogP contribution in [0.25, 0.3) is 0 Å². The zero-order valence-electron chi connectivity index (χ0n) is 12.4. The Hall–Kier alpha value is -2.02. The molecular weight excluding hydrogens is 305 g/mol. The summed E-state index contributed by atoms with van der Waals surface area (Å²) in [4.78, 5) is 22.9. The van der Waals surface area contributed by atoms with Crippen LogP contribution >= 0.6 is 11.3 Å². The first-order chi connectivity index (χ1) is 10.5. The van der Waals surface area contributed by atoms with Crippen molar-refractivity contribution in [2.45, 2.75) is 26.4 Å². The molecule has 1 saturated heterocycles. The summed E-state index contributed by atoms with van der Waals surface area (Å²) in [7, 11) is 0. The van der Waals surface area contributed by atoms with Crippen molar-refractivity contribution in [3.8, 4) is 5.88 Å². The van der Waals surface area contributed by atoms with Crippen LogP contribution in [-0.2, 0) is 0 Å². The fraction of sp³-hybridized carbons (Fsp3) is 0.400. The Morgan fingerprint density at radius 3 is 2.91 bits per heavy atom. The lowest BCUT2D eigenvalue weighted by Gasteiger charge is -2.16. The maximum atomic E-state index is 13.1. The molecule has 7 heteroatoms. The number of aryl methyl sites for hydroxylation is 2. The second kappa shape index (κ2) is 6.00. The van der Waals surface area contributed by atoms with Crippen molar-refractivity contribution in [3.63, 3.8) is 0 Å². The van der Waals surface area contributed by atoms with E-state index >= 15 is 0 Å². The third-order valence-corrected chi connectivity index (χ3v) is 4.57. The lowest BCUT2D eigenvalue weighted by atomic mass is 10.3. The van der Waals surface area contributed by atoms with Crippen molar-refractivity contribution in [2.24, 2.45) is 0 Å². The van der Waals surface area contributed by atoms with Crippen LogP contribution in [0, 0.1) is 19.8 Å². The molecule has 1 fully saturated rings. The summed E-state index contributed by atoms with van der Waals surface area (Å²) in [6, 6.07) is 4.44. The first-order valence-electron chi connectivity index (χ1n) is 7.05. The van der Waals surface area contributed by atoms with Crippen molar-refractivity contribution in [1.82, 2.24) is 14.9 Å². The topological polar surface area (TPSA) is 55.3 Å². The number of amides is 1. The van der Waals surface area contributed by atoms with Crippen LogP contribution in [0.15, 0.2) is 18.2 Å². The van der Waals surface area contributed by atoms with Crippen LogP contribution in [0.3, 0.4) is 0 Å². The Bertz CT molecular complexity index is 704. The molecule has 0 radical (unpaired) electrons. The lowest BCUT2D eigenvalue weighted by molar-refractivity contribution is 0.0774. The number of carbonyl (C=O) groups excluding carboxylic acids is 1. The van der Waals surface area contributed by atoms with E-state index in [0.29, 0.717) is 24.4 Å². The number of halogens is 1. The number of carbonyl (C=O) groups is 1. The average molecular weight is 321 g/mol. The molecule has 2 aromatic rings. The van der Waals surface area contributed by atoms with E-state index in [2.05, 4.69) is 9.97 Å². The number of hydrogen-bond donors (Lipinski definition) is 0. The van der Waals surface area contributed by atoms with Gasteiger partial charge in [0.05, 0.1) is 17.2 Å². The summed E-state index contributed by atoms with van der Waals surface area (Å²) in [5.41, 5.74) is 0.767. The van der Waals surface area contributed by atoms with Gasteiger partial charge in [0.25, 0.3) is 5.91 Å². The standard InChI is InChI=1S/C15H16FN3O2S/c1-9-14(22-10(2)17-9)15(20)19-7-6-11(8-19)21-13-5-3-4-12(16)18-13/h3-5,11H,6-8H2,1-2H3. The molecule has 22 heavy (non-hydrogen) atoms. The zero-order valence-corrected chi connectivity index (χ0v) is 13.2. The summed E-state index contributed by atoms with van der Waals surface area (Å²) in [6.45, 7) is 4.83. The zero-order chi connectivity index (χ0) is 15.7. The van der Waals surface area contributed by atoms with E-state index in [1.54, 1.807) is 17.0 Å². The monoisotopic (exact) mass is 321 g/mol. The first-order valence-corrected chi connectivity index (χ1v) is 7.87. The lowest BCUT2D eigenvalue weighted by Crippen LogP contribution is -2.30. The average Bonchev–Trinajstić information content (AvgIpc) is 3.05. The molecule has 1 amide bonds. The number of nitrogens with zero attached hydrogens (tertiary/aromatic N) is 3. The molecule has 0 N–H and O–H groups in total. The van der Waals surface area contributed by atoms with Gasteiger partial charge in [-0.15, -0.1) is 11.3 Å². The smallest absolute Gasteiger partial charge is 0.265 e. The van der Waals surface area contributed by atoms with Crippen molar-refractivity contribution in [1.29, 1.82) is 0 Å². The van der Waals surface area contributed by atoms with Gasteiger partial charge in [-0.05, 0) is 19.9 Å². The Morgan fingerprint density at radius 1 is 1.41 bits per heavy atom. The molecule has 0 bridgehead atoms. The Morgan fingerprint density at radius 2 is 2.23 bits per heavy atom. The molecule has 1 aliphatic rings. The molecule has 3 rings (SSSR count). The Balaban J connectivity index is 1.65. The predicted octanol–water partition coefficient (Wildman–Crippen LogP) is 2.59. The molecule has 0 aliphatic carbocycles. The number of pyridine rings is 1. The molecular formula is C15H16FN3O2S. The number of rotatable bonds is 3. The van der Waals surface area contributed by atoms with Crippen LogP contribution in [0.1, 0.15) is 26.8 Å². The minimum Gasteiger partial charge on any atom is -0.472 e. The number of ether oxygens (including phenoxy) is 1. The van der Waals surface area contributed by atoms with Gasteiger partial charge in [-0.25, -0.2) is 4.98 Å². The molecule has 2 aromatic heterocycles. The summed E-state index contributed by atoms with van der Waals surface area (Å²) < 4.78 is 18.7. The van der Waals surface area contributed by atoms with Crippen molar-refractivity contribution < 1.29 is 13.9 Å². The Kier molecular flexibility index (Phi) is 4.06. The maximum Gasteiger partial charge on any atom is 0.265 e. The summed E-state index contributed by atoms with van der Waals surface area (Å²) in [5.74, 6) is -0.329. The van der Waals surface area contributed by atoms with E-state index in [-0.39, 0.29) is 17.9 Å². The molecule has 0 spiro atoms. The highest BCUT2D eigenvalue weighted by Gasteiger charge is 2.30. The Labute approximate surface area is 131 Å².